The Morgan fingerprint density at radius 1 is 1.12 bits per heavy atom. The van der Waals surface area contributed by atoms with Crippen molar-refractivity contribution < 1.29 is 19.4 Å². The van der Waals surface area contributed by atoms with Gasteiger partial charge in [-0.1, -0.05) is 68.0 Å². The number of hydrogen-bond acceptors (Lipinski definition) is 5. The molecule has 2 aromatic carbocycles. The predicted octanol–water partition coefficient (Wildman–Crippen LogP) is 5.45. The third kappa shape index (κ3) is 5.61. The molecule has 0 atom stereocenters. The molecule has 1 aromatic heterocycles. The van der Waals surface area contributed by atoms with Gasteiger partial charge in [0.1, 0.15) is 5.82 Å². The number of carbonyl (C=O) groups is 1. The van der Waals surface area contributed by atoms with E-state index in [2.05, 4.69) is 6.92 Å². The van der Waals surface area contributed by atoms with Crippen molar-refractivity contribution in [1.29, 1.82) is 0 Å². The molecule has 0 fully saturated rings. The first-order valence-electron chi connectivity index (χ1n) is 11.5. The van der Waals surface area contributed by atoms with E-state index in [-0.39, 0.29) is 5.56 Å². The normalized spacial score (nSPS) is 11.9. The fourth-order valence-electron chi connectivity index (χ4n) is 3.91. The van der Waals surface area contributed by atoms with Gasteiger partial charge in [-0.25, -0.2) is 14.5 Å². The van der Waals surface area contributed by atoms with E-state index in [9.17, 15) is 9.90 Å². The zero-order chi connectivity index (χ0) is 24.6. The molecule has 0 aliphatic rings. The first-order valence-corrected chi connectivity index (χ1v) is 11.5. The first-order chi connectivity index (χ1) is 16.5. The molecule has 0 amide bonds. The van der Waals surface area contributed by atoms with Crippen molar-refractivity contribution in [2.45, 2.75) is 51.9 Å². The van der Waals surface area contributed by atoms with Gasteiger partial charge < -0.3 is 14.6 Å². The molecule has 0 spiro atoms. The zero-order valence-electron chi connectivity index (χ0n) is 20.3. The molecule has 0 saturated heterocycles. The van der Waals surface area contributed by atoms with Crippen LogP contribution in [-0.4, -0.2) is 40.1 Å². The Labute approximate surface area is 201 Å². The van der Waals surface area contributed by atoms with Gasteiger partial charge in [0, 0.05) is 27.1 Å². The second kappa shape index (κ2) is 11.7. The van der Waals surface area contributed by atoms with Crippen molar-refractivity contribution in [3.8, 4) is 11.1 Å². The molecule has 34 heavy (non-hydrogen) atoms. The van der Waals surface area contributed by atoms with Crippen LogP contribution >= 0.6 is 0 Å². The minimum absolute atomic E-state index is 0.285. The summed E-state index contributed by atoms with van der Waals surface area (Å²) in [5.74, 6) is -0.566. The number of allylic oxidation sites excluding steroid dienone is 2. The van der Waals surface area contributed by atoms with Crippen LogP contribution in [0, 0.1) is 0 Å². The average molecular weight is 464 g/mol. The summed E-state index contributed by atoms with van der Waals surface area (Å²) in [7, 11) is 3.25. The van der Waals surface area contributed by atoms with Crippen LogP contribution in [0.1, 0.15) is 60.7 Å². The van der Waals surface area contributed by atoms with Crippen LogP contribution in [0.25, 0.3) is 11.1 Å². The first kappa shape index (κ1) is 25.3. The maximum atomic E-state index is 11.6. The third-order valence-corrected chi connectivity index (χ3v) is 5.90. The molecule has 0 radical (unpaired) electrons. The quantitative estimate of drug-likeness (QED) is 0.284. The van der Waals surface area contributed by atoms with Crippen molar-refractivity contribution >= 4 is 5.97 Å². The Kier molecular flexibility index (Phi) is 8.73. The molecule has 1 N–H and O–H groups in total. The molecule has 0 saturated carbocycles. The number of nitrogens with zero attached hydrogens (tertiary/aromatic N) is 3. The van der Waals surface area contributed by atoms with Crippen molar-refractivity contribution in [1.82, 2.24) is 14.8 Å². The van der Waals surface area contributed by atoms with Crippen LogP contribution in [0.4, 0.5) is 0 Å². The summed E-state index contributed by atoms with van der Waals surface area (Å²) in [6.45, 7) is 4.63. The van der Waals surface area contributed by atoms with Crippen LogP contribution in [-0.2, 0) is 28.2 Å². The van der Waals surface area contributed by atoms with Crippen molar-refractivity contribution in [3.63, 3.8) is 0 Å². The lowest BCUT2D eigenvalue weighted by molar-refractivity contribution is -0.226. The smallest absolute Gasteiger partial charge is 0.336 e. The minimum atomic E-state index is -0.976. The molecule has 0 aliphatic carbocycles. The van der Waals surface area contributed by atoms with Crippen LogP contribution < -0.4 is 0 Å². The SMILES string of the molecule is C/C=C/Cc1nc(C(CCCC)(OC)OC)nn1Cc1ccc(-c2ccccc2C(=O)O)cc1. The zero-order valence-corrected chi connectivity index (χ0v) is 20.3. The number of methoxy groups -OCH3 is 2. The molecule has 7 heteroatoms. The van der Waals surface area contributed by atoms with Gasteiger partial charge in [-0.15, -0.1) is 5.10 Å². The van der Waals surface area contributed by atoms with Gasteiger partial charge in [0.05, 0.1) is 12.1 Å². The standard InChI is InChI=1S/C27H33N3O4/c1-5-7-13-24-28-26(27(33-3,34-4)18-8-6-2)29-30(24)19-20-14-16-21(17-15-20)22-11-9-10-12-23(22)25(31)32/h5,7,9-12,14-17H,6,8,13,18-19H2,1-4H3,(H,31,32)/b7-5+. The summed E-state index contributed by atoms with van der Waals surface area (Å²) in [5.41, 5.74) is 2.86. The molecule has 0 unspecified atom stereocenters. The highest BCUT2D eigenvalue weighted by Crippen LogP contribution is 2.30. The predicted molar refractivity (Wildman–Crippen MR) is 132 cm³/mol. The van der Waals surface area contributed by atoms with Crippen LogP contribution in [0.15, 0.2) is 60.7 Å². The molecule has 0 aliphatic heterocycles. The molecule has 7 nitrogen and oxygen atoms in total. The number of carboxylic acids is 1. The van der Waals surface area contributed by atoms with Crippen molar-refractivity contribution in [2.75, 3.05) is 14.2 Å². The number of unbranched alkanes of at least 4 members (excludes halogenated alkanes) is 1. The molecule has 0 bridgehead atoms. The summed E-state index contributed by atoms with van der Waals surface area (Å²) in [4.78, 5) is 16.4. The number of rotatable bonds is 12. The van der Waals surface area contributed by atoms with Crippen LogP contribution in [0.3, 0.4) is 0 Å². The maximum Gasteiger partial charge on any atom is 0.336 e. The summed E-state index contributed by atoms with van der Waals surface area (Å²) in [6.07, 6.45) is 7.29. The summed E-state index contributed by atoms with van der Waals surface area (Å²) >= 11 is 0. The van der Waals surface area contributed by atoms with Crippen LogP contribution in [0.2, 0.25) is 0 Å². The number of aromatic nitrogens is 3. The van der Waals surface area contributed by atoms with E-state index in [0.717, 1.165) is 29.8 Å². The molecular formula is C27H33N3O4. The van der Waals surface area contributed by atoms with Gasteiger partial charge in [-0.05, 0) is 36.1 Å². The van der Waals surface area contributed by atoms with Gasteiger partial charge >= 0.3 is 5.97 Å². The fourth-order valence-corrected chi connectivity index (χ4v) is 3.91. The molecule has 1 heterocycles. The molecule has 3 rings (SSSR count). The van der Waals surface area contributed by atoms with E-state index >= 15 is 0 Å². The molecule has 3 aromatic rings. The van der Waals surface area contributed by atoms with Gasteiger partial charge in [0.25, 0.3) is 0 Å². The lowest BCUT2D eigenvalue weighted by Gasteiger charge is -2.27. The summed E-state index contributed by atoms with van der Waals surface area (Å²) in [5, 5.41) is 14.3. The fraction of sp³-hybridized carbons (Fsp3) is 0.370. The second-order valence-electron chi connectivity index (χ2n) is 8.09. The number of aromatic carboxylic acids is 1. The Morgan fingerprint density at radius 3 is 2.44 bits per heavy atom. The van der Waals surface area contributed by atoms with Gasteiger partial charge in [0.15, 0.2) is 0 Å². The topological polar surface area (TPSA) is 86.5 Å². The van der Waals surface area contributed by atoms with Gasteiger partial charge in [-0.2, -0.15) is 0 Å². The van der Waals surface area contributed by atoms with E-state index in [1.165, 1.54) is 0 Å². The van der Waals surface area contributed by atoms with E-state index in [0.29, 0.717) is 30.8 Å². The molecular weight excluding hydrogens is 430 g/mol. The second-order valence-corrected chi connectivity index (χ2v) is 8.09. The van der Waals surface area contributed by atoms with E-state index in [4.69, 9.17) is 19.6 Å². The van der Waals surface area contributed by atoms with E-state index in [1.54, 1.807) is 26.4 Å². The van der Waals surface area contributed by atoms with Crippen LogP contribution in [0.5, 0.6) is 0 Å². The Hall–Kier alpha value is -3.29. The van der Waals surface area contributed by atoms with Gasteiger partial charge in [-0.3, -0.25) is 0 Å². The van der Waals surface area contributed by atoms with Crippen molar-refractivity contribution in [2.24, 2.45) is 0 Å². The average Bonchev–Trinajstić information content (AvgIpc) is 3.27. The lowest BCUT2D eigenvalue weighted by Crippen LogP contribution is -2.32. The highest BCUT2D eigenvalue weighted by Gasteiger charge is 2.37. The third-order valence-electron chi connectivity index (χ3n) is 5.90. The Bertz CT molecular complexity index is 1120. The Morgan fingerprint density at radius 2 is 1.82 bits per heavy atom. The summed E-state index contributed by atoms with van der Waals surface area (Å²) < 4.78 is 13.4. The maximum absolute atomic E-state index is 11.6. The number of ether oxygens (including phenoxy) is 2. The Balaban J connectivity index is 1.92. The highest BCUT2D eigenvalue weighted by molar-refractivity contribution is 5.95. The summed E-state index contributed by atoms with van der Waals surface area (Å²) in [6, 6.07) is 14.9. The number of carboxylic acid groups (broad SMARTS) is 1. The minimum Gasteiger partial charge on any atom is -0.478 e. The largest absolute Gasteiger partial charge is 0.478 e. The van der Waals surface area contributed by atoms with Gasteiger partial charge in [0.2, 0.25) is 11.6 Å². The highest BCUT2D eigenvalue weighted by atomic mass is 16.7. The lowest BCUT2D eigenvalue weighted by atomic mass is 9.99. The number of benzene rings is 2. The monoisotopic (exact) mass is 463 g/mol. The van der Waals surface area contributed by atoms with E-state index < -0.39 is 11.8 Å². The number of hydrogen-bond donors (Lipinski definition) is 1. The van der Waals surface area contributed by atoms with E-state index in [1.807, 2.05) is 60.2 Å². The molecule has 180 valence electrons. The van der Waals surface area contributed by atoms with Crippen molar-refractivity contribution in [3.05, 3.63) is 83.5 Å².